The molecular weight excluding hydrogens is 254 g/mol. The van der Waals surface area contributed by atoms with Crippen LogP contribution in [0.5, 0.6) is 0 Å². The molecule has 0 atom stereocenters. The van der Waals surface area contributed by atoms with E-state index in [1.165, 1.54) is 0 Å². The molecule has 0 saturated carbocycles. The lowest BCUT2D eigenvalue weighted by atomic mass is 10.1. The van der Waals surface area contributed by atoms with Crippen LogP contribution >= 0.6 is 0 Å². The molecule has 0 saturated heterocycles. The summed E-state index contributed by atoms with van der Waals surface area (Å²) in [6.07, 6.45) is 4.17. The predicted molar refractivity (Wildman–Crippen MR) is 76.8 cm³/mol. The lowest BCUT2D eigenvalue weighted by Crippen LogP contribution is -2.32. The average Bonchev–Trinajstić information content (AvgIpc) is 3.02. The summed E-state index contributed by atoms with van der Waals surface area (Å²) in [6.45, 7) is 3.25. The Morgan fingerprint density at radius 2 is 2.10 bits per heavy atom. The molecule has 1 heterocycles. The fraction of sp³-hybridized carbons (Fsp3) is 0.333. The number of benzene rings is 1. The standard InChI is InChI=1S/C15H19N3O2/c1-2-17(10-4-12-19)15(20)13-5-7-14(8-6-13)18-11-3-9-16-18/h3,5-9,11,19H,2,4,10,12H2,1H3. The highest BCUT2D eigenvalue weighted by Gasteiger charge is 2.13. The maximum Gasteiger partial charge on any atom is 0.253 e. The molecule has 106 valence electrons. The zero-order valence-electron chi connectivity index (χ0n) is 11.6. The van der Waals surface area contributed by atoms with Crippen LogP contribution in [-0.4, -0.2) is 45.4 Å². The second-order valence-corrected chi connectivity index (χ2v) is 4.46. The van der Waals surface area contributed by atoms with E-state index in [0.29, 0.717) is 25.1 Å². The van der Waals surface area contributed by atoms with Crippen molar-refractivity contribution in [2.45, 2.75) is 13.3 Å². The van der Waals surface area contributed by atoms with Gasteiger partial charge in [-0.1, -0.05) is 0 Å². The highest BCUT2D eigenvalue weighted by molar-refractivity contribution is 5.94. The van der Waals surface area contributed by atoms with Crippen molar-refractivity contribution in [1.82, 2.24) is 14.7 Å². The number of aliphatic hydroxyl groups is 1. The number of carbonyl (C=O) groups excluding carboxylic acids is 1. The van der Waals surface area contributed by atoms with Gasteiger partial charge in [-0.15, -0.1) is 0 Å². The molecule has 0 radical (unpaired) electrons. The summed E-state index contributed by atoms with van der Waals surface area (Å²) in [4.78, 5) is 14.0. The number of hydrogen-bond acceptors (Lipinski definition) is 3. The molecule has 0 bridgehead atoms. The SMILES string of the molecule is CCN(CCCO)C(=O)c1ccc(-n2cccn2)cc1. The monoisotopic (exact) mass is 273 g/mol. The molecule has 0 aliphatic carbocycles. The molecule has 5 nitrogen and oxygen atoms in total. The van der Waals surface area contributed by atoms with Crippen molar-refractivity contribution in [3.8, 4) is 5.69 Å². The van der Waals surface area contributed by atoms with Crippen LogP contribution < -0.4 is 0 Å². The number of amides is 1. The topological polar surface area (TPSA) is 58.4 Å². The molecule has 5 heteroatoms. The van der Waals surface area contributed by atoms with E-state index in [1.807, 2.05) is 31.3 Å². The van der Waals surface area contributed by atoms with Gasteiger partial charge in [-0.3, -0.25) is 4.79 Å². The average molecular weight is 273 g/mol. The van der Waals surface area contributed by atoms with Gasteiger partial charge in [0, 0.05) is 37.7 Å². The summed E-state index contributed by atoms with van der Waals surface area (Å²) in [7, 11) is 0. The molecule has 0 unspecified atom stereocenters. The summed E-state index contributed by atoms with van der Waals surface area (Å²) in [5.41, 5.74) is 1.57. The molecule has 2 rings (SSSR count). The molecule has 1 aromatic carbocycles. The van der Waals surface area contributed by atoms with Gasteiger partial charge in [0.25, 0.3) is 5.91 Å². The zero-order valence-corrected chi connectivity index (χ0v) is 11.6. The molecular formula is C15H19N3O2. The Hall–Kier alpha value is -2.14. The highest BCUT2D eigenvalue weighted by Crippen LogP contribution is 2.11. The normalized spacial score (nSPS) is 10.5. The van der Waals surface area contributed by atoms with Crippen LogP contribution in [0.2, 0.25) is 0 Å². The van der Waals surface area contributed by atoms with Crippen molar-refractivity contribution in [3.63, 3.8) is 0 Å². The van der Waals surface area contributed by atoms with E-state index < -0.39 is 0 Å². The van der Waals surface area contributed by atoms with Crippen LogP contribution in [0.25, 0.3) is 5.69 Å². The van der Waals surface area contributed by atoms with E-state index in [9.17, 15) is 4.79 Å². The Morgan fingerprint density at radius 1 is 1.35 bits per heavy atom. The molecule has 0 spiro atoms. The van der Waals surface area contributed by atoms with Crippen LogP contribution in [-0.2, 0) is 0 Å². The summed E-state index contributed by atoms with van der Waals surface area (Å²) >= 11 is 0. The van der Waals surface area contributed by atoms with Crippen molar-refractivity contribution in [1.29, 1.82) is 0 Å². The summed E-state index contributed by atoms with van der Waals surface area (Å²) in [5, 5.41) is 13.0. The number of nitrogens with zero attached hydrogens (tertiary/aromatic N) is 3. The largest absolute Gasteiger partial charge is 0.396 e. The smallest absolute Gasteiger partial charge is 0.253 e. The quantitative estimate of drug-likeness (QED) is 0.871. The molecule has 20 heavy (non-hydrogen) atoms. The number of rotatable bonds is 6. The fourth-order valence-corrected chi connectivity index (χ4v) is 2.03. The van der Waals surface area contributed by atoms with Gasteiger partial charge in [0.05, 0.1) is 5.69 Å². The third-order valence-electron chi connectivity index (χ3n) is 3.14. The van der Waals surface area contributed by atoms with Crippen molar-refractivity contribution in [2.75, 3.05) is 19.7 Å². The van der Waals surface area contributed by atoms with Gasteiger partial charge in [0.2, 0.25) is 0 Å². The van der Waals surface area contributed by atoms with E-state index in [2.05, 4.69) is 5.10 Å². The van der Waals surface area contributed by atoms with E-state index in [0.717, 1.165) is 5.69 Å². The first-order valence-corrected chi connectivity index (χ1v) is 6.76. The first kappa shape index (κ1) is 14.3. The maximum atomic E-state index is 12.3. The Morgan fingerprint density at radius 3 is 2.65 bits per heavy atom. The first-order chi connectivity index (χ1) is 9.76. The van der Waals surface area contributed by atoms with Gasteiger partial charge in [-0.2, -0.15) is 5.10 Å². The molecule has 0 aliphatic heterocycles. The highest BCUT2D eigenvalue weighted by atomic mass is 16.3. The molecule has 1 N–H and O–H groups in total. The zero-order chi connectivity index (χ0) is 14.4. The summed E-state index contributed by atoms with van der Waals surface area (Å²) < 4.78 is 1.75. The lowest BCUT2D eigenvalue weighted by Gasteiger charge is -2.20. The van der Waals surface area contributed by atoms with Crippen LogP contribution in [0.15, 0.2) is 42.7 Å². The fourth-order valence-electron chi connectivity index (χ4n) is 2.03. The Bertz CT molecular complexity index is 535. The minimum Gasteiger partial charge on any atom is -0.396 e. The third-order valence-corrected chi connectivity index (χ3v) is 3.14. The number of aliphatic hydroxyl groups excluding tert-OH is 1. The van der Waals surface area contributed by atoms with Crippen LogP contribution in [0, 0.1) is 0 Å². The molecule has 1 amide bonds. The Kier molecular flexibility index (Phi) is 4.90. The molecule has 2 aromatic rings. The lowest BCUT2D eigenvalue weighted by molar-refractivity contribution is 0.0754. The van der Waals surface area contributed by atoms with Crippen molar-refractivity contribution >= 4 is 5.91 Å². The Labute approximate surface area is 118 Å². The van der Waals surface area contributed by atoms with Gasteiger partial charge in [-0.05, 0) is 43.7 Å². The molecule has 0 fully saturated rings. The van der Waals surface area contributed by atoms with Crippen LogP contribution in [0.3, 0.4) is 0 Å². The van der Waals surface area contributed by atoms with Crippen molar-refractivity contribution < 1.29 is 9.90 Å². The first-order valence-electron chi connectivity index (χ1n) is 6.76. The minimum atomic E-state index is -0.00651. The van der Waals surface area contributed by atoms with Crippen molar-refractivity contribution in [3.05, 3.63) is 48.3 Å². The van der Waals surface area contributed by atoms with Gasteiger partial charge >= 0.3 is 0 Å². The number of carbonyl (C=O) groups is 1. The van der Waals surface area contributed by atoms with Crippen LogP contribution in [0.4, 0.5) is 0 Å². The van der Waals surface area contributed by atoms with E-state index >= 15 is 0 Å². The Balaban J connectivity index is 2.10. The molecule has 1 aromatic heterocycles. The number of aromatic nitrogens is 2. The third kappa shape index (κ3) is 3.24. The molecule has 0 aliphatic rings. The van der Waals surface area contributed by atoms with Gasteiger partial charge < -0.3 is 10.0 Å². The van der Waals surface area contributed by atoms with Gasteiger partial charge in [0.1, 0.15) is 0 Å². The maximum absolute atomic E-state index is 12.3. The van der Waals surface area contributed by atoms with Gasteiger partial charge in [-0.25, -0.2) is 4.68 Å². The second-order valence-electron chi connectivity index (χ2n) is 4.46. The predicted octanol–water partition coefficient (Wildman–Crippen LogP) is 1.72. The summed E-state index contributed by atoms with van der Waals surface area (Å²) in [5.74, 6) is -0.00651. The van der Waals surface area contributed by atoms with Crippen molar-refractivity contribution in [2.24, 2.45) is 0 Å². The number of hydrogen-bond donors (Lipinski definition) is 1. The summed E-state index contributed by atoms with van der Waals surface area (Å²) in [6, 6.07) is 9.22. The van der Waals surface area contributed by atoms with E-state index in [4.69, 9.17) is 5.11 Å². The van der Waals surface area contributed by atoms with E-state index in [-0.39, 0.29) is 12.5 Å². The van der Waals surface area contributed by atoms with E-state index in [1.54, 1.807) is 27.9 Å². The minimum absolute atomic E-state index is 0.00651. The van der Waals surface area contributed by atoms with Crippen LogP contribution in [0.1, 0.15) is 23.7 Å². The van der Waals surface area contributed by atoms with Gasteiger partial charge in [0.15, 0.2) is 0 Å². The second kappa shape index (κ2) is 6.86.